The molecule has 25 heavy (non-hydrogen) atoms. The Balaban J connectivity index is 2.24. The largest absolute Gasteiger partial charge is 0.405 e. The highest BCUT2D eigenvalue weighted by Gasteiger charge is 2.27. The lowest BCUT2D eigenvalue weighted by Crippen LogP contribution is -2.35. The third-order valence-electron chi connectivity index (χ3n) is 3.19. The molecule has 2 rings (SSSR count). The van der Waals surface area contributed by atoms with Gasteiger partial charge in [-0.3, -0.25) is 14.2 Å². The summed E-state index contributed by atoms with van der Waals surface area (Å²) in [4.78, 5) is 28.6. The van der Waals surface area contributed by atoms with Crippen LogP contribution in [0.2, 0.25) is 0 Å². The first kappa shape index (κ1) is 19.3. The Morgan fingerprint density at radius 3 is 2.64 bits per heavy atom. The summed E-state index contributed by atoms with van der Waals surface area (Å²) in [5, 5.41) is 2.59. The molecule has 5 nitrogen and oxygen atoms in total. The van der Waals surface area contributed by atoms with Crippen molar-refractivity contribution in [3.63, 3.8) is 0 Å². The van der Waals surface area contributed by atoms with Gasteiger partial charge in [0.15, 0.2) is 5.16 Å². The summed E-state index contributed by atoms with van der Waals surface area (Å²) < 4.78 is 37.9. The first-order valence-corrected chi connectivity index (χ1v) is 8.62. The van der Waals surface area contributed by atoms with Gasteiger partial charge < -0.3 is 5.32 Å². The maximum atomic E-state index is 12.6. The molecule has 0 unspecified atom stereocenters. The second-order valence-electron chi connectivity index (χ2n) is 5.90. The second kappa shape index (κ2) is 7.90. The Bertz CT molecular complexity index is 818. The minimum absolute atomic E-state index is 0.166. The van der Waals surface area contributed by atoms with E-state index in [1.165, 1.54) is 4.57 Å². The molecule has 9 heteroatoms. The number of halogens is 3. The number of rotatable bonds is 6. The van der Waals surface area contributed by atoms with Gasteiger partial charge in [0.05, 0.1) is 16.7 Å². The normalized spacial score (nSPS) is 11.9. The van der Waals surface area contributed by atoms with Gasteiger partial charge in [0.2, 0.25) is 5.91 Å². The van der Waals surface area contributed by atoms with Crippen LogP contribution in [0.4, 0.5) is 13.2 Å². The van der Waals surface area contributed by atoms with Gasteiger partial charge in [0.25, 0.3) is 5.56 Å². The van der Waals surface area contributed by atoms with E-state index >= 15 is 0 Å². The first-order valence-electron chi connectivity index (χ1n) is 7.63. The number of nitrogens with one attached hydrogen (secondary N) is 1. The number of nitrogens with zero attached hydrogens (tertiary/aromatic N) is 2. The molecule has 1 aromatic heterocycles. The number of hydrogen-bond acceptors (Lipinski definition) is 4. The topological polar surface area (TPSA) is 64.0 Å². The zero-order valence-electron chi connectivity index (χ0n) is 13.8. The van der Waals surface area contributed by atoms with Crippen molar-refractivity contribution in [1.29, 1.82) is 0 Å². The molecule has 0 aliphatic carbocycles. The van der Waals surface area contributed by atoms with Crippen molar-refractivity contribution >= 4 is 28.6 Å². The van der Waals surface area contributed by atoms with Crippen molar-refractivity contribution in [1.82, 2.24) is 14.9 Å². The lowest BCUT2D eigenvalue weighted by Gasteiger charge is -2.15. The standard InChI is InChI=1S/C16H18F3N3O2S/c1-10(2)7-22-14(24)11-5-3-4-6-12(11)21-15(22)25-8-13(23)20-9-16(17,18)19/h3-6,10H,7-9H2,1-2H3,(H,20,23). The molecule has 136 valence electrons. The van der Waals surface area contributed by atoms with Crippen LogP contribution in [0.15, 0.2) is 34.2 Å². The van der Waals surface area contributed by atoms with Crippen LogP contribution in [0.3, 0.4) is 0 Å². The Kier molecular flexibility index (Phi) is 6.10. The van der Waals surface area contributed by atoms with Gasteiger partial charge in [-0.2, -0.15) is 13.2 Å². The summed E-state index contributed by atoms with van der Waals surface area (Å²) >= 11 is 0.949. The van der Waals surface area contributed by atoms with Crippen LogP contribution in [0.1, 0.15) is 13.8 Å². The number of amides is 1. The van der Waals surface area contributed by atoms with Crippen LogP contribution in [0, 0.1) is 5.92 Å². The molecule has 0 saturated heterocycles. The summed E-state index contributed by atoms with van der Waals surface area (Å²) in [5.74, 6) is -0.848. The summed E-state index contributed by atoms with van der Waals surface area (Å²) in [6.45, 7) is 2.90. The Labute approximate surface area is 146 Å². The molecule has 1 aromatic carbocycles. The first-order chi connectivity index (χ1) is 11.7. The predicted octanol–water partition coefficient (Wildman–Crippen LogP) is 2.82. The molecule has 0 atom stereocenters. The average Bonchev–Trinajstić information content (AvgIpc) is 2.53. The van der Waals surface area contributed by atoms with Gasteiger partial charge in [-0.15, -0.1) is 0 Å². The van der Waals surface area contributed by atoms with E-state index in [4.69, 9.17) is 0 Å². The van der Waals surface area contributed by atoms with Crippen LogP contribution in [0.5, 0.6) is 0 Å². The molecule has 0 fully saturated rings. The average molecular weight is 373 g/mol. The molecule has 1 N–H and O–H groups in total. The molecule has 1 heterocycles. The molecule has 0 spiro atoms. The molecule has 2 aromatic rings. The number of carbonyl (C=O) groups excluding carboxylic acids is 1. The highest BCUT2D eigenvalue weighted by Crippen LogP contribution is 2.19. The highest BCUT2D eigenvalue weighted by molar-refractivity contribution is 7.99. The van der Waals surface area contributed by atoms with E-state index in [0.717, 1.165) is 11.8 Å². The van der Waals surface area contributed by atoms with E-state index in [0.29, 0.717) is 22.6 Å². The monoisotopic (exact) mass is 373 g/mol. The maximum absolute atomic E-state index is 12.6. The fourth-order valence-electron chi connectivity index (χ4n) is 2.16. The molecule has 1 amide bonds. The zero-order valence-corrected chi connectivity index (χ0v) is 14.6. The summed E-state index contributed by atoms with van der Waals surface area (Å²) in [5.41, 5.74) is 0.267. The minimum Gasteiger partial charge on any atom is -0.346 e. The van der Waals surface area contributed by atoms with Gasteiger partial charge in [0.1, 0.15) is 6.54 Å². The second-order valence-corrected chi connectivity index (χ2v) is 6.84. The molecule has 0 aliphatic heterocycles. The smallest absolute Gasteiger partial charge is 0.346 e. The number of thioether (sulfide) groups is 1. The van der Waals surface area contributed by atoms with E-state index in [2.05, 4.69) is 4.98 Å². The van der Waals surface area contributed by atoms with Crippen molar-refractivity contribution in [2.24, 2.45) is 5.92 Å². The van der Waals surface area contributed by atoms with Crippen LogP contribution in [-0.2, 0) is 11.3 Å². The van der Waals surface area contributed by atoms with E-state index in [1.807, 2.05) is 13.8 Å². The van der Waals surface area contributed by atoms with Crippen molar-refractivity contribution in [2.45, 2.75) is 31.7 Å². The lowest BCUT2D eigenvalue weighted by molar-refractivity contribution is -0.136. The van der Waals surface area contributed by atoms with Gasteiger partial charge in [-0.1, -0.05) is 37.7 Å². The number of aromatic nitrogens is 2. The number of hydrogen-bond donors (Lipinski definition) is 1. The van der Waals surface area contributed by atoms with Crippen molar-refractivity contribution < 1.29 is 18.0 Å². The number of para-hydroxylation sites is 1. The lowest BCUT2D eigenvalue weighted by atomic mass is 10.2. The van der Waals surface area contributed by atoms with Crippen molar-refractivity contribution in [3.05, 3.63) is 34.6 Å². The molecule has 0 saturated carbocycles. The quantitative estimate of drug-likeness (QED) is 0.625. The van der Waals surface area contributed by atoms with E-state index in [9.17, 15) is 22.8 Å². The number of fused-ring (bicyclic) bond motifs is 1. The fraction of sp³-hybridized carbons (Fsp3) is 0.438. The molecule has 0 bridgehead atoms. The number of benzene rings is 1. The Morgan fingerprint density at radius 2 is 2.00 bits per heavy atom. The minimum atomic E-state index is -4.46. The summed E-state index contributed by atoms with van der Waals surface area (Å²) in [6, 6.07) is 6.84. The summed E-state index contributed by atoms with van der Waals surface area (Å²) in [7, 11) is 0. The van der Waals surface area contributed by atoms with E-state index in [-0.39, 0.29) is 17.2 Å². The number of carbonyl (C=O) groups is 1. The highest BCUT2D eigenvalue weighted by atomic mass is 32.2. The molecular formula is C16H18F3N3O2S. The molecule has 0 radical (unpaired) electrons. The van der Waals surface area contributed by atoms with E-state index in [1.54, 1.807) is 29.6 Å². The maximum Gasteiger partial charge on any atom is 0.405 e. The van der Waals surface area contributed by atoms with Gasteiger partial charge >= 0.3 is 6.18 Å². The van der Waals surface area contributed by atoms with Crippen LogP contribution in [-0.4, -0.2) is 33.9 Å². The third kappa shape index (κ3) is 5.48. The SMILES string of the molecule is CC(C)Cn1c(SCC(=O)NCC(F)(F)F)nc2ccccc2c1=O. The van der Waals surface area contributed by atoms with Crippen molar-refractivity contribution in [3.8, 4) is 0 Å². The van der Waals surface area contributed by atoms with Gasteiger partial charge in [-0.05, 0) is 18.1 Å². The molecular weight excluding hydrogens is 355 g/mol. The van der Waals surface area contributed by atoms with Crippen LogP contribution >= 0.6 is 11.8 Å². The van der Waals surface area contributed by atoms with Crippen molar-refractivity contribution in [2.75, 3.05) is 12.3 Å². The van der Waals surface area contributed by atoms with E-state index < -0.39 is 18.6 Å². The van der Waals surface area contributed by atoms with Crippen LogP contribution in [0.25, 0.3) is 10.9 Å². The van der Waals surface area contributed by atoms with Gasteiger partial charge in [0, 0.05) is 6.54 Å². The van der Waals surface area contributed by atoms with Crippen LogP contribution < -0.4 is 10.9 Å². The fourth-order valence-corrected chi connectivity index (χ4v) is 3.00. The molecule has 0 aliphatic rings. The third-order valence-corrected chi connectivity index (χ3v) is 4.17. The van der Waals surface area contributed by atoms with Gasteiger partial charge in [-0.25, -0.2) is 4.98 Å². The summed E-state index contributed by atoms with van der Waals surface area (Å²) in [6.07, 6.45) is -4.46. The predicted molar refractivity (Wildman–Crippen MR) is 90.6 cm³/mol. The Hall–Kier alpha value is -2.03. The Morgan fingerprint density at radius 1 is 1.32 bits per heavy atom. The zero-order chi connectivity index (χ0) is 18.6. The number of alkyl halides is 3.